The van der Waals surface area contributed by atoms with E-state index in [2.05, 4.69) is 21.3 Å². The predicted octanol–water partition coefficient (Wildman–Crippen LogP) is -7.07. The van der Waals surface area contributed by atoms with Crippen LogP contribution in [0.25, 0.3) is 0 Å². The van der Waals surface area contributed by atoms with Gasteiger partial charge in [0.05, 0.1) is 32.5 Å². The Morgan fingerprint density at radius 3 is 1.72 bits per heavy atom. The molecule has 1 aliphatic heterocycles. The Hall–Kier alpha value is -3.95. The summed E-state index contributed by atoms with van der Waals surface area (Å²) in [4.78, 5) is 88.3. The summed E-state index contributed by atoms with van der Waals surface area (Å²) in [5.41, 5.74) is 11.5. The molecule has 0 unspecified atom stereocenters. The third-order valence-electron chi connectivity index (χ3n) is 7.12. The number of carbonyl (C=O) groups excluding carboxylic acids is 6. The zero-order chi connectivity index (χ0) is 35.0. The molecule has 20 heteroatoms. The molecule has 0 bridgehead atoms. The SMILES string of the molecule is C[C@H](NC(=O)[C@H](CO)NC(=O)[C@H](CO)NC(=O)[C@@H]1CCCN1C(=O)[C@@H](N)CCCCN)C(=O)N[C@@H](CO)C(=O)N[C@@H](CO)C(=O)O. The summed E-state index contributed by atoms with van der Waals surface area (Å²) < 4.78 is 0. The van der Waals surface area contributed by atoms with E-state index in [1.807, 2.05) is 5.32 Å². The summed E-state index contributed by atoms with van der Waals surface area (Å²) in [7, 11) is 0. The van der Waals surface area contributed by atoms with Crippen LogP contribution in [0.5, 0.6) is 0 Å². The van der Waals surface area contributed by atoms with Gasteiger partial charge in [-0.05, 0) is 39.2 Å². The zero-order valence-corrected chi connectivity index (χ0v) is 25.5. The average molecular weight is 663 g/mol. The van der Waals surface area contributed by atoms with Gasteiger partial charge in [0, 0.05) is 6.54 Å². The molecular weight excluding hydrogens is 616 g/mol. The lowest BCUT2D eigenvalue weighted by Crippen LogP contribution is -2.60. The van der Waals surface area contributed by atoms with Gasteiger partial charge in [-0.1, -0.05) is 6.42 Å². The second-order valence-electron chi connectivity index (χ2n) is 10.6. The van der Waals surface area contributed by atoms with E-state index in [1.54, 1.807) is 0 Å². The Morgan fingerprint density at radius 1 is 0.739 bits per heavy atom. The molecule has 0 spiro atoms. The fraction of sp³-hybridized carbons (Fsp3) is 0.731. The summed E-state index contributed by atoms with van der Waals surface area (Å²) in [6.45, 7) is -1.91. The van der Waals surface area contributed by atoms with E-state index in [-0.39, 0.29) is 13.0 Å². The van der Waals surface area contributed by atoms with Gasteiger partial charge in [-0.15, -0.1) is 0 Å². The van der Waals surface area contributed by atoms with Crippen molar-refractivity contribution in [1.82, 2.24) is 31.5 Å². The van der Waals surface area contributed by atoms with Crippen LogP contribution in [0, 0.1) is 0 Å². The number of aliphatic hydroxyl groups excluding tert-OH is 4. The first kappa shape index (κ1) is 40.1. The third-order valence-corrected chi connectivity index (χ3v) is 7.12. The number of nitrogens with one attached hydrogen (secondary N) is 5. The minimum atomic E-state index is -1.70. The van der Waals surface area contributed by atoms with Crippen LogP contribution in [-0.2, 0) is 33.6 Å². The number of likely N-dealkylation sites (tertiary alicyclic amines) is 1. The number of carboxylic acids is 1. The lowest BCUT2D eigenvalue weighted by atomic mass is 10.1. The minimum Gasteiger partial charge on any atom is -0.480 e. The molecule has 20 nitrogen and oxygen atoms in total. The molecule has 0 aromatic rings. The second-order valence-corrected chi connectivity index (χ2v) is 10.6. The predicted molar refractivity (Wildman–Crippen MR) is 157 cm³/mol. The van der Waals surface area contributed by atoms with E-state index in [1.165, 1.54) is 11.8 Å². The molecule has 46 heavy (non-hydrogen) atoms. The number of nitrogens with two attached hydrogens (primary N) is 2. The van der Waals surface area contributed by atoms with Crippen LogP contribution in [-0.4, -0.2) is 154 Å². The van der Waals surface area contributed by atoms with Crippen LogP contribution in [0.2, 0.25) is 0 Å². The van der Waals surface area contributed by atoms with Gasteiger partial charge in [0.1, 0.15) is 36.3 Å². The summed E-state index contributed by atoms with van der Waals surface area (Å²) >= 11 is 0. The Bertz CT molecular complexity index is 1080. The summed E-state index contributed by atoms with van der Waals surface area (Å²) in [6, 6.07) is -9.80. The summed E-state index contributed by atoms with van der Waals surface area (Å²) in [5.74, 6) is -7.03. The maximum Gasteiger partial charge on any atom is 0.328 e. The lowest BCUT2D eigenvalue weighted by molar-refractivity contribution is -0.143. The van der Waals surface area contributed by atoms with E-state index >= 15 is 0 Å². The highest BCUT2D eigenvalue weighted by atomic mass is 16.4. The second kappa shape index (κ2) is 20.2. The molecule has 1 rings (SSSR count). The maximum absolute atomic E-state index is 13.0. The number of hydrogen-bond acceptors (Lipinski definition) is 13. The quantitative estimate of drug-likeness (QED) is 0.0539. The summed E-state index contributed by atoms with van der Waals surface area (Å²) in [5, 5.41) is 57.5. The molecule has 14 N–H and O–H groups in total. The Morgan fingerprint density at radius 2 is 1.22 bits per heavy atom. The number of rotatable bonds is 20. The molecule has 1 heterocycles. The number of unbranched alkanes of at least 4 members (excludes halogenated alkanes) is 1. The molecule has 0 aromatic heterocycles. The lowest BCUT2D eigenvalue weighted by Gasteiger charge is -2.28. The van der Waals surface area contributed by atoms with Gasteiger partial charge in [0.2, 0.25) is 35.4 Å². The topological polar surface area (TPSA) is 336 Å². The smallest absolute Gasteiger partial charge is 0.328 e. The number of carbonyl (C=O) groups is 7. The number of hydrogen-bond donors (Lipinski definition) is 12. The Labute approximate surface area is 264 Å². The Balaban J connectivity index is 2.77. The molecule has 0 saturated carbocycles. The highest BCUT2D eigenvalue weighted by molar-refractivity contribution is 5.97. The first-order valence-corrected chi connectivity index (χ1v) is 14.7. The van der Waals surface area contributed by atoms with Crippen molar-refractivity contribution in [3.8, 4) is 0 Å². The fourth-order valence-corrected chi connectivity index (χ4v) is 4.40. The first-order chi connectivity index (χ1) is 21.7. The standard InChI is InChI=1S/C26H46N8O12/c1-13(20(39)30-16(10-36)23(42)33-18(12-38)26(45)46)29-21(40)15(9-35)31-22(41)17(11-37)32-24(43)19-6-4-8-34(19)25(44)14(28)5-2-3-7-27/h13-19,35-38H,2-12,27-28H2,1H3,(H,29,40)(H,30,39)(H,31,41)(H,32,43)(H,33,42)(H,45,46)/t13-,14-,15-,16-,17-,18-,19-/m0/s1. The molecule has 1 aliphatic rings. The molecule has 6 amide bonds. The highest BCUT2D eigenvalue weighted by Crippen LogP contribution is 2.19. The van der Waals surface area contributed by atoms with Gasteiger partial charge in [-0.3, -0.25) is 28.8 Å². The van der Waals surface area contributed by atoms with Gasteiger partial charge in [-0.25, -0.2) is 4.79 Å². The average Bonchev–Trinajstić information content (AvgIpc) is 3.52. The highest BCUT2D eigenvalue weighted by Gasteiger charge is 2.38. The van der Waals surface area contributed by atoms with Gasteiger partial charge in [0.15, 0.2) is 0 Å². The molecule has 1 fully saturated rings. The van der Waals surface area contributed by atoms with Crippen LogP contribution >= 0.6 is 0 Å². The van der Waals surface area contributed by atoms with Crippen LogP contribution < -0.4 is 38.1 Å². The van der Waals surface area contributed by atoms with Crippen molar-refractivity contribution in [2.75, 3.05) is 39.5 Å². The van der Waals surface area contributed by atoms with Crippen molar-refractivity contribution in [3.63, 3.8) is 0 Å². The first-order valence-electron chi connectivity index (χ1n) is 14.7. The van der Waals surface area contributed by atoms with E-state index in [0.717, 1.165) is 0 Å². The molecular formula is C26H46N8O12. The van der Waals surface area contributed by atoms with Gasteiger partial charge in [-0.2, -0.15) is 0 Å². The van der Waals surface area contributed by atoms with Gasteiger partial charge < -0.3 is 68.5 Å². The zero-order valence-electron chi connectivity index (χ0n) is 25.5. The van der Waals surface area contributed by atoms with Crippen molar-refractivity contribution in [3.05, 3.63) is 0 Å². The fourth-order valence-electron chi connectivity index (χ4n) is 4.40. The largest absolute Gasteiger partial charge is 0.480 e. The van der Waals surface area contributed by atoms with Crippen molar-refractivity contribution < 1.29 is 59.1 Å². The van der Waals surface area contributed by atoms with Crippen molar-refractivity contribution in [2.45, 2.75) is 81.3 Å². The van der Waals surface area contributed by atoms with Crippen molar-refractivity contribution >= 4 is 41.4 Å². The number of nitrogens with zero attached hydrogens (tertiary/aromatic N) is 1. The number of amides is 6. The normalized spacial score (nSPS) is 18.2. The monoisotopic (exact) mass is 662 g/mol. The molecule has 1 saturated heterocycles. The number of aliphatic carboxylic acids is 1. The van der Waals surface area contributed by atoms with Crippen LogP contribution in [0.4, 0.5) is 0 Å². The van der Waals surface area contributed by atoms with Crippen LogP contribution in [0.15, 0.2) is 0 Å². The van der Waals surface area contributed by atoms with Crippen molar-refractivity contribution in [1.29, 1.82) is 0 Å². The van der Waals surface area contributed by atoms with E-state index in [4.69, 9.17) is 21.7 Å². The number of aliphatic hydroxyl groups is 4. The van der Waals surface area contributed by atoms with E-state index in [9.17, 15) is 48.9 Å². The van der Waals surface area contributed by atoms with Crippen LogP contribution in [0.3, 0.4) is 0 Å². The molecule has 262 valence electrons. The molecule has 7 atom stereocenters. The van der Waals surface area contributed by atoms with Crippen LogP contribution in [0.1, 0.15) is 39.0 Å². The molecule has 0 aromatic carbocycles. The number of carboxylic acid groups (broad SMARTS) is 1. The third kappa shape index (κ3) is 12.1. The van der Waals surface area contributed by atoms with Crippen molar-refractivity contribution in [2.24, 2.45) is 11.5 Å². The minimum absolute atomic E-state index is 0.269. The molecule has 0 aliphatic carbocycles. The molecule has 0 radical (unpaired) electrons. The van der Waals surface area contributed by atoms with E-state index in [0.29, 0.717) is 32.2 Å². The van der Waals surface area contributed by atoms with Gasteiger partial charge in [0.25, 0.3) is 0 Å². The maximum atomic E-state index is 13.0. The summed E-state index contributed by atoms with van der Waals surface area (Å²) in [6.07, 6.45) is 2.48. The van der Waals surface area contributed by atoms with E-state index < -0.39 is 110 Å². The Kier molecular flexibility index (Phi) is 17.6. The van der Waals surface area contributed by atoms with Gasteiger partial charge >= 0.3 is 5.97 Å².